The molecule has 2 aromatic carbocycles. The molecule has 2 heterocycles. The highest BCUT2D eigenvalue weighted by atomic mass is 19.1. The number of H-pyrrole nitrogens is 1. The summed E-state index contributed by atoms with van der Waals surface area (Å²) in [6, 6.07) is 14.6. The fourth-order valence-electron chi connectivity index (χ4n) is 3.13. The van der Waals surface area contributed by atoms with Crippen LogP contribution in [0, 0.1) is 11.6 Å². The number of rotatable bonds is 6. The van der Waals surface area contributed by atoms with E-state index in [1.807, 2.05) is 30.5 Å². The van der Waals surface area contributed by atoms with Gasteiger partial charge in [-0.2, -0.15) is 0 Å². The SMILES string of the molecule is O=C(NCCc1c[nH]c2ccccc12)c1cc(Nc2c(F)cccc2F)ccn1. The number of aromatic amines is 1. The molecular weight excluding hydrogens is 374 g/mol. The Morgan fingerprint density at radius 1 is 1.03 bits per heavy atom. The van der Waals surface area contributed by atoms with Crippen LogP contribution in [0.3, 0.4) is 0 Å². The lowest BCUT2D eigenvalue weighted by molar-refractivity contribution is 0.0949. The normalized spacial score (nSPS) is 10.8. The maximum absolute atomic E-state index is 13.8. The zero-order valence-corrected chi connectivity index (χ0v) is 15.4. The molecule has 0 bridgehead atoms. The Bertz CT molecular complexity index is 1150. The topological polar surface area (TPSA) is 69.8 Å². The van der Waals surface area contributed by atoms with Gasteiger partial charge in [-0.25, -0.2) is 8.78 Å². The number of benzene rings is 2. The van der Waals surface area contributed by atoms with Crippen LogP contribution in [0.2, 0.25) is 0 Å². The van der Waals surface area contributed by atoms with Crippen molar-refractivity contribution in [2.45, 2.75) is 6.42 Å². The number of anilines is 2. The first-order valence-corrected chi connectivity index (χ1v) is 9.12. The molecule has 1 amide bonds. The average Bonchev–Trinajstić information content (AvgIpc) is 3.14. The maximum atomic E-state index is 13.8. The number of carbonyl (C=O) groups is 1. The van der Waals surface area contributed by atoms with Crippen molar-refractivity contribution < 1.29 is 13.6 Å². The van der Waals surface area contributed by atoms with Gasteiger partial charge in [0, 0.05) is 35.5 Å². The number of hydrogen-bond donors (Lipinski definition) is 3. The second-order valence-electron chi connectivity index (χ2n) is 6.52. The van der Waals surface area contributed by atoms with E-state index in [-0.39, 0.29) is 17.3 Å². The molecule has 4 aromatic rings. The first-order chi connectivity index (χ1) is 14.1. The fraction of sp³-hybridized carbons (Fsp3) is 0.0909. The molecule has 0 aliphatic heterocycles. The van der Waals surface area contributed by atoms with Gasteiger partial charge in [0.1, 0.15) is 23.0 Å². The number of aromatic nitrogens is 2. The minimum Gasteiger partial charge on any atom is -0.361 e. The number of fused-ring (bicyclic) bond motifs is 1. The summed E-state index contributed by atoms with van der Waals surface area (Å²) in [5.41, 5.74) is 2.41. The van der Waals surface area contributed by atoms with Gasteiger partial charge in [-0.3, -0.25) is 9.78 Å². The highest BCUT2D eigenvalue weighted by molar-refractivity contribution is 5.93. The number of nitrogens with zero attached hydrogens (tertiary/aromatic N) is 1. The molecule has 0 atom stereocenters. The van der Waals surface area contributed by atoms with Gasteiger partial charge < -0.3 is 15.6 Å². The summed E-state index contributed by atoms with van der Waals surface area (Å²) in [7, 11) is 0. The maximum Gasteiger partial charge on any atom is 0.269 e. The smallest absolute Gasteiger partial charge is 0.269 e. The Balaban J connectivity index is 1.41. The number of amides is 1. The second-order valence-corrected chi connectivity index (χ2v) is 6.52. The van der Waals surface area contributed by atoms with E-state index in [1.165, 1.54) is 24.4 Å². The predicted molar refractivity (Wildman–Crippen MR) is 108 cm³/mol. The summed E-state index contributed by atoms with van der Waals surface area (Å²) in [4.78, 5) is 19.7. The van der Waals surface area contributed by atoms with Crippen molar-refractivity contribution >= 4 is 28.2 Å². The minimum absolute atomic E-state index is 0.158. The van der Waals surface area contributed by atoms with Gasteiger partial charge in [-0.05, 0) is 42.3 Å². The van der Waals surface area contributed by atoms with E-state index in [9.17, 15) is 13.6 Å². The Morgan fingerprint density at radius 2 is 1.83 bits per heavy atom. The first-order valence-electron chi connectivity index (χ1n) is 9.12. The largest absolute Gasteiger partial charge is 0.361 e. The quantitative estimate of drug-likeness (QED) is 0.451. The van der Waals surface area contributed by atoms with E-state index < -0.39 is 11.6 Å². The third-order valence-electron chi connectivity index (χ3n) is 4.58. The number of halogens is 2. The number of pyridine rings is 1. The third kappa shape index (κ3) is 4.08. The fourth-order valence-corrected chi connectivity index (χ4v) is 3.13. The Labute approximate surface area is 165 Å². The van der Waals surface area contributed by atoms with E-state index in [4.69, 9.17) is 0 Å². The zero-order chi connectivity index (χ0) is 20.2. The summed E-state index contributed by atoms with van der Waals surface area (Å²) in [6.07, 6.45) is 4.01. The van der Waals surface area contributed by atoms with Crippen molar-refractivity contribution in [2.75, 3.05) is 11.9 Å². The van der Waals surface area contributed by atoms with Crippen molar-refractivity contribution in [3.8, 4) is 0 Å². The van der Waals surface area contributed by atoms with Crippen LogP contribution in [0.5, 0.6) is 0 Å². The van der Waals surface area contributed by atoms with Crippen LogP contribution in [0.25, 0.3) is 10.9 Å². The van der Waals surface area contributed by atoms with Crippen molar-refractivity contribution in [3.05, 3.63) is 89.9 Å². The molecule has 0 unspecified atom stereocenters. The van der Waals surface area contributed by atoms with E-state index >= 15 is 0 Å². The molecule has 29 heavy (non-hydrogen) atoms. The van der Waals surface area contributed by atoms with Gasteiger partial charge in [0.15, 0.2) is 0 Å². The predicted octanol–water partition coefficient (Wildman–Crippen LogP) is 4.56. The molecule has 146 valence electrons. The molecule has 0 saturated carbocycles. The van der Waals surface area contributed by atoms with Crippen molar-refractivity contribution in [1.82, 2.24) is 15.3 Å². The summed E-state index contributed by atoms with van der Waals surface area (Å²) < 4.78 is 27.6. The van der Waals surface area contributed by atoms with Crippen LogP contribution in [0.15, 0.2) is 67.0 Å². The lowest BCUT2D eigenvalue weighted by Crippen LogP contribution is -2.26. The standard InChI is InChI=1S/C22H18F2N4O/c23-17-5-3-6-18(24)21(17)28-15-9-11-25-20(12-15)22(29)26-10-8-14-13-27-19-7-2-1-4-16(14)19/h1-7,9,11-13,27H,8,10H2,(H,25,28)(H,26,29). The van der Waals surface area contributed by atoms with Crippen LogP contribution in [-0.2, 0) is 6.42 Å². The van der Waals surface area contributed by atoms with Crippen molar-refractivity contribution in [1.29, 1.82) is 0 Å². The monoisotopic (exact) mass is 392 g/mol. The summed E-state index contributed by atoms with van der Waals surface area (Å²) in [5.74, 6) is -1.79. The molecule has 0 aliphatic carbocycles. The van der Waals surface area contributed by atoms with Crippen molar-refractivity contribution in [2.24, 2.45) is 0 Å². The zero-order valence-electron chi connectivity index (χ0n) is 15.4. The molecule has 3 N–H and O–H groups in total. The molecule has 7 heteroatoms. The summed E-state index contributed by atoms with van der Waals surface area (Å²) in [6.45, 7) is 0.432. The van der Waals surface area contributed by atoms with Gasteiger partial charge in [0.05, 0.1) is 0 Å². The molecule has 0 spiro atoms. The molecule has 0 aliphatic rings. The van der Waals surface area contributed by atoms with Gasteiger partial charge in [-0.1, -0.05) is 24.3 Å². The number of nitrogens with one attached hydrogen (secondary N) is 3. The van der Waals surface area contributed by atoms with Crippen LogP contribution in [0.4, 0.5) is 20.2 Å². The molecular formula is C22H18F2N4O. The molecule has 0 saturated heterocycles. The van der Waals surface area contributed by atoms with Crippen LogP contribution >= 0.6 is 0 Å². The third-order valence-corrected chi connectivity index (χ3v) is 4.58. The Hall–Kier alpha value is -3.74. The highest BCUT2D eigenvalue weighted by Crippen LogP contribution is 2.23. The summed E-state index contributed by atoms with van der Waals surface area (Å²) >= 11 is 0. The molecule has 4 rings (SSSR count). The lowest BCUT2D eigenvalue weighted by Gasteiger charge is -2.10. The van der Waals surface area contributed by atoms with E-state index in [0.717, 1.165) is 28.6 Å². The van der Waals surface area contributed by atoms with Gasteiger partial charge in [0.2, 0.25) is 0 Å². The van der Waals surface area contributed by atoms with Crippen LogP contribution < -0.4 is 10.6 Å². The van der Waals surface area contributed by atoms with E-state index in [2.05, 4.69) is 20.6 Å². The van der Waals surface area contributed by atoms with Gasteiger partial charge in [0.25, 0.3) is 5.91 Å². The van der Waals surface area contributed by atoms with Gasteiger partial charge in [-0.15, -0.1) is 0 Å². The molecule has 0 radical (unpaired) electrons. The molecule has 0 fully saturated rings. The Kier molecular flexibility index (Phi) is 5.20. The van der Waals surface area contributed by atoms with E-state index in [0.29, 0.717) is 18.7 Å². The number of para-hydroxylation sites is 2. The average molecular weight is 392 g/mol. The first kappa shape index (κ1) is 18.6. The number of hydrogen-bond acceptors (Lipinski definition) is 3. The Morgan fingerprint density at radius 3 is 2.66 bits per heavy atom. The van der Waals surface area contributed by atoms with Gasteiger partial charge >= 0.3 is 0 Å². The minimum atomic E-state index is -0.716. The highest BCUT2D eigenvalue weighted by Gasteiger charge is 2.12. The summed E-state index contributed by atoms with van der Waals surface area (Å²) in [5, 5.41) is 6.61. The van der Waals surface area contributed by atoms with Crippen LogP contribution in [0.1, 0.15) is 16.1 Å². The second kappa shape index (κ2) is 8.10. The molecule has 2 aromatic heterocycles. The van der Waals surface area contributed by atoms with E-state index in [1.54, 1.807) is 0 Å². The van der Waals surface area contributed by atoms with Crippen molar-refractivity contribution in [3.63, 3.8) is 0 Å². The van der Waals surface area contributed by atoms with Crippen LogP contribution in [-0.4, -0.2) is 22.4 Å². The number of carbonyl (C=O) groups excluding carboxylic acids is 1. The molecule has 5 nitrogen and oxygen atoms in total. The lowest BCUT2D eigenvalue weighted by atomic mass is 10.1.